The molecule has 3 nitrogen and oxygen atoms in total. The molecule has 1 aromatic heterocycles. The standard InChI is InChI=1S/C17H20FNO2S/c1-11(2)8-15(17(20)21)19-10-14-6-7-16(22-14)12-4-3-5-13(18)9-12/h3-7,9,11,15,19H,8,10H2,1-2H3,(H,20,21)/t15-/m1/s1. The Hall–Kier alpha value is -1.72. The average molecular weight is 321 g/mol. The van der Waals surface area contributed by atoms with Gasteiger partial charge < -0.3 is 5.11 Å². The number of hydrogen-bond acceptors (Lipinski definition) is 3. The number of carboxylic acids is 1. The van der Waals surface area contributed by atoms with Crippen molar-refractivity contribution in [2.75, 3.05) is 0 Å². The molecule has 22 heavy (non-hydrogen) atoms. The van der Waals surface area contributed by atoms with Gasteiger partial charge in [0.2, 0.25) is 0 Å². The number of halogens is 1. The SMILES string of the molecule is CC(C)C[C@@H](NCc1ccc(-c2cccc(F)c2)s1)C(=O)O. The molecular formula is C17H20FNO2S. The van der Waals surface area contributed by atoms with Crippen LogP contribution in [0.5, 0.6) is 0 Å². The van der Waals surface area contributed by atoms with Gasteiger partial charge in [-0.2, -0.15) is 0 Å². The van der Waals surface area contributed by atoms with Gasteiger partial charge in [-0.05, 0) is 42.2 Å². The number of aliphatic carboxylic acids is 1. The van der Waals surface area contributed by atoms with E-state index in [4.69, 9.17) is 0 Å². The summed E-state index contributed by atoms with van der Waals surface area (Å²) in [5.74, 6) is -0.760. The van der Waals surface area contributed by atoms with E-state index < -0.39 is 12.0 Å². The van der Waals surface area contributed by atoms with Crippen molar-refractivity contribution in [2.24, 2.45) is 5.92 Å². The van der Waals surface area contributed by atoms with E-state index in [0.29, 0.717) is 18.9 Å². The molecule has 0 aliphatic heterocycles. The van der Waals surface area contributed by atoms with Crippen molar-refractivity contribution in [3.8, 4) is 10.4 Å². The van der Waals surface area contributed by atoms with Crippen LogP contribution in [-0.2, 0) is 11.3 Å². The van der Waals surface area contributed by atoms with E-state index in [1.54, 1.807) is 17.4 Å². The zero-order valence-electron chi connectivity index (χ0n) is 12.7. The molecular weight excluding hydrogens is 301 g/mol. The Labute approximate surface area is 133 Å². The van der Waals surface area contributed by atoms with Crippen LogP contribution in [0.1, 0.15) is 25.1 Å². The minimum atomic E-state index is -0.824. The third kappa shape index (κ3) is 4.64. The number of carboxylic acid groups (broad SMARTS) is 1. The van der Waals surface area contributed by atoms with Crippen LogP contribution in [0.2, 0.25) is 0 Å². The molecule has 2 rings (SSSR count). The highest BCUT2D eigenvalue weighted by atomic mass is 32.1. The van der Waals surface area contributed by atoms with Crippen LogP contribution in [0.25, 0.3) is 10.4 Å². The van der Waals surface area contributed by atoms with Crippen LogP contribution >= 0.6 is 11.3 Å². The maximum Gasteiger partial charge on any atom is 0.320 e. The summed E-state index contributed by atoms with van der Waals surface area (Å²) in [6.07, 6.45) is 0.595. The lowest BCUT2D eigenvalue weighted by Crippen LogP contribution is -2.37. The van der Waals surface area contributed by atoms with Gasteiger partial charge in [-0.3, -0.25) is 10.1 Å². The van der Waals surface area contributed by atoms with Crippen LogP contribution < -0.4 is 5.32 Å². The Bertz CT molecular complexity index is 639. The van der Waals surface area contributed by atoms with Crippen molar-refractivity contribution in [1.82, 2.24) is 5.32 Å². The van der Waals surface area contributed by atoms with Crippen molar-refractivity contribution < 1.29 is 14.3 Å². The summed E-state index contributed by atoms with van der Waals surface area (Å²) in [5.41, 5.74) is 0.841. The minimum absolute atomic E-state index is 0.256. The highest BCUT2D eigenvalue weighted by Gasteiger charge is 2.18. The lowest BCUT2D eigenvalue weighted by molar-refractivity contribution is -0.140. The first kappa shape index (κ1) is 16.6. The molecule has 0 saturated heterocycles. The third-order valence-corrected chi connectivity index (χ3v) is 4.43. The quantitative estimate of drug-likeness (QED) is 0.805. The molecule has 0 aliphatic carbocycles. The summed E-state index contributed by atoms with van der Waals surface area (Å²) in [7, 11) is 0. The fourth-order valence-electron chi connectivity index (χ4n) is 2.24. The summed E-state index contributed by atoms with van der Waals surface area (Å²) in [5, 5.41) is 12.3. The smallest absolute Gasteiger partial charge is 0.320 e. The Morgan fingerprint density at radius 1 is 1.32 bits per heavy atom. The number of rotatable bonds is 7. The fourth-order valence-corrected chi connectivity index (χ4v) is 3.19. The molecule has 0 fully saturated rings. The summed E-state index contributed by atoms with van der Waals surface area (Å²) in [6, 6.07) is 9.82. The van der Waals surface area contributed by atoms with Crippen LogP contribution in [0.3, 0.4) is 0 Å². The molecule has 1 heterocycles. The molecule has 0 radical (unpaired) electrons. The van der Waals surface area contributed by atoms with E-state index in [0.717, 1.165) is 15.3 Å². The maximum atomic E-state index is 13.3. The first-order chi connectivity index (χ1) is 10.5. The molecule has 0 spiro atoms. The maximum absolute atomic E-state index is 13.3. The van der Waals surface area contributed by atoms with Crippen LogP contribution in [-0.4, -0.2) is 17.1 Å². The van der Waals surface area contributed by atoms with E-state index in [1.807, 2.05) is 32.0 Å². The van der Waals surface area contributed by atoms with Gasteiger partial charge in [-0.15, -0.1) is 11.3 Å². The highest BCUT2D eigenvalue weighted by molar-refractivity contribution is 7.15. The molecule has 118 valence electrons. The largest absolute Gasteiger partial charge is 0.480 e. The monoisotopic (exact) mass is 321 g/mol. The second-order valence-corrected chi connectivity index (χ2v) is 6.85. The summed E-state index contributed by atoms with van der Waals surface area (Å²) in [4.78, 5) is 13.2. The van der Waals surface area contributed by atoms with Crippen molar-refractivity contribution >= 4 is 17.3 Å². The topological polar surface area (TPSA) is 49.3 Å². The fraction of sp³-hybridized carbons (Fsp3) is 0.353. The normalized spacial score (nSPS) is 12.5. The second kappa shape index (κ2) is 7.51. The van der Waals surface area contributed by atoms with E-state index in [2.05, 4.69) is 5.32 Å². The van der Waals surface area contributed by atoms with Crippen LogP contribution in [0, 0.1) is 11.7 Å². The Morgan fingerprint density at radius 3 is 2.73 bits per heavy atom. The van der Waals surface area contributed by atoms with Gasteiger partial charge in [0.25, 0.3) is 0 Å². The predicted molar refractivity (Wildman–Crippen MR) is 87.4 cm³/mol. The zero-order chi connectivity index (χ0) is 16.1. The van der Waals surface area contributed by atoms with Crippen molar-refractivity contribution in [1.29, 1.82) is 0 Å². The van der Waals surface area contributed by atoms with Gasteiger partial charge in [0.15, 0.2) is 0 Å². The summed E-state index contributed by atoms with van der Waals surface area (Å²) >= 11 is 1.55. The lowest BCUT2D eigenvalue weighted by atomic mass is 10.0. The van der Waals surface area contributed by atoms with Crippen molar-refractivity contribution in [2.45, 2.75) is 32.9 Å². The Balaban J connectivity index is 2.01. The van der Waals surface area contributed by atoms with Gasteiger partial charge in [0, 0.05) is 16.3 Å². The number of carbonyl (C=O) groups is 1. The third-order valence-electron chi connectivity index (χ3n) is 3.30. The number of hydrogen-bond donors (Lipinski definition) is 2. The van der Waals surface area contributed by atoms with Crippen molar-refractivity contribution in [3.63, 3.8) is 0 Å². The molecule has 0 amide bonds. The molecule has 0 bridgehead atoms. The van der Waals surface area contributed by atoms with Gasteiger partial charge in [0.1, 0.15) is 11.9 Å². The van der Waals surface area contributed by atoms with Gasteiger partial charge >= 0.3 is 5.97 Å². The van der Waals surface area contributed by atoms with E-state index in [1.165, 1.54) is 12.1 Å². The first-order valence-electron chi connectivity index (χ1n) is 7.26. The molecule has 0 saturated carbocycles. The number of nitrogens with one attached hydrogen (secondary N) is 1. The predicted octanol–water partition coefficient (Wildman–Crippen LogP) is 4.14. The average Bonchev–Trinajstić information content (AvgIpc) is 2.91. The van der Waals surface area contributed by atoms with Crippen LogP contribution in [0.15, 0.2) is 36.4 Å². The second-order valence-electron chi connectivity index (χ2n) is 5.68. The van der Waals surface area contributed by atoms with Crippen molar-refractivity contribution in [3.05, 3.63) is 47.1 Å². The van der Waals surface area contributed by atoms with Gasteiger partial charge in [0.05, 0.1) is 0 Å². The van der Waals surface area contributed by atoms with E-state index in [-0.39, 0.29) is 5.82 Å². The molecule has 1 aromatic carbocycles. The summed E-state index contributed by atoms with van der Waals surface area (Å²) < 4.78 is 13.3. The Morgan fingerprint density at radius 2 is 2.09 bits per heavy atom. The number of benzene rings is 1. The highest BCUT2D eigenvalue weighted by Crippen LogP contribution is 2.28. The number of thiophene rings is 1. The van der Waals surface area contributed by atoms with Crippen LogP contribution in [0.4, 0.5) is 4.39 Å². The van der Waals surface area contributed by atoms with E-state index in [9.17, 15) is 14.3 Å². The Kier molecular flexibility index (Phi) is 5.69. The molecule has 0 aliphatic rings. The molecule has 2 N–H and O–H groups in total. The molecule has 0 unspecified atom stereocenters. The summed E-state index contributed by atoms with van der Waals surface area (Å²) in [6.45, 7) is 4.51. The van der Waals surface area contributed by atoms with Gasteiger partial charge in [-0.1, -0.05) is 26.0 Å². The van der Waals surface area contributed by atoms with Gasteiger partial charge in [-0.25, -0.2) is 4.39 Å². The lowest BCUT2D eigenvalue weighted by Gasteiger charge is -2.15. The zero-order valence-corrected chi connectivity index (χ0v) is 13.5. The molecule has 5 heteroatoms. The molecule has 1 atom stereocenters. The first-order valence-corrected chi connectivity index (χ1v) is 8.08. The van der Waals surface area contributed by atoms with E-state index >= 15 is 0 Å². The molecule has 2 aromatic rings. The minimum Gasteiger partial charge on any atom is -0.480 e.